The number of hydrogen-bond donors (Lipinski definition) is 1. The van der Waals surface area contributed by atoms with Crippen molar-refractivity contribution in [3.05, 3.63) is 47.3 Å². The number of oxazole rings is 1. The minimum atomic E-state index is -0.331. The van der Waals surface area contributed by atoms with Crippen LogP contribution in [-0.4, -0.2) is 20.9 Å². The average Bonchev–Trinajstić information content (AvgIpc) is 2.87. The highest BCUT2D eigenvalue weighted by Crippen LogP contribution is 2.18. The SMILES string of the molecule is O=C(Nc1ccc2ocnc2c1)c1cnc(Br)cn1. The normalized spacial score (nSPS) is 10.6. The van der Waals surface area contributed by atoms with Gasteiger partial charge >= 0.3 is 0 Å². The monoisotopic (exact) mass is 318 g/mol. The first-order chi connectivity index (χ1) is 9.22. The summed E-state index contributed by atoms with van der Waals surface area (Å²) in [7, 11) is 0. The summed E-state index contributed by atoms with van der Waals surface area (Å²) in [5.41, 5.74) is 2.21. The molecule has 1 N–H and O–H groups in total. The molecule has 19 heavy (non-hydrogen) atoms. The molecular formula is C12H7BrN4O2. The van der Waals surface area contributed by atoms with Gasteiger partial charge in [-0.3, -0.25) is 4.79 Å². The number of rotatable bonds is 2. The Morgan fingerprint density at radius 2 is 2.11 bits per heavy atom. The molecule has 7 heteroatoms. The van der Waals surface area contributed by atoms with Crippen LogP contribution in [0.1, 0.15) is 10.5 Å². The number of halogens is 1. The molecule has 0 aliphatic carbocycles. The molecule has 1 amide bonds. The molecule has 0 bridgehead atoms. The van der Waals surface area contributed by atoms with Gasteiger partial charge in [0, 0.05) is 5.69 Å². The zero-order valence-electron chi connectivity index (χ0n) is 9.50. The minimum Gasteiger partial charge on any atom is -0.443 e. The number of nitrogens with one attached hydrogen (secondary N) is 1. The number of carbonyl (C=O) groups is 1. The molecule has 2 heterocycles. The summed E-state index contributed by atoms with van der Waals surface area (Å²) in [6.07, 6.45) is 4.22. The summed E-state index contributed by atoms with van der Waals surface area (Å²) in [5.74, 6) is -0.331. The van der Waals surface area contributed by atoms with E-state index < -0.39 is 0 Å². The maximum Gasteiger partial charge on any atom is 0.275 e. The van der Waals surface area contributed by atoms with Crippen LogP contribution in [0.4, 0.5) is 5.69 Å². The number of nitrogens with zero attached hydrogens (tertiary/aromatic N) is 3. The number of anilines is 1. The van der Waals surface area contributed by atoms with Gasteiger partial charge in [-0.25, -0.2) is 15.0 Å². The highest BCUT2D eigenvalue weighted by molar-refractivity contribution is 9.10. The van der Waals surface area contributed by atoms with E-state index in [9.17, 15) is 4.79 Å². The van der Waals surface area contributed by atoms with Crippen LogP contribution >= 0.6 is 15.9 Å². The molecule has 0 aliphatic rings. The summed E-state index contributed by atoms with van der Waals surface area (Å²) in [6.45, 7) is 0. The molecule has 0 saturated heterocycles. The van der Waals surface area contributed by atoms with Gasteiger partial charge in [-0.05, 0) is 34.1 Å². The number of hydrogen-bond acceptors (Lipinski definition) is 5. The predicted molar refractivity (Wildman–Crippen MR) is 71.7 cm³/mol. The number of carbonyl (C=O) groups excluding carboxylic acids is 1. The van der Waals surface area contributed by atoms with Crippen LogP contribution in [0.3, 0.4) is 0 Å². The standard InChI is InChI=1S/C12H7BrN4O2/c13-11-5-14-9(4-15-11)12(18)17-7-1-2-10-8(3-7)16-6-19-10/h1-6H,(H,17,18). The second-order valence-corrected chi connectivity index (χ2v) is 4.53. The van der Waals surface area contributed by atoms with Crippen molar-refractivity contribution in [2.75, 3.05) is 5.32 Å². The lowest BCUT2D eigenvalue weighted by Crippen LogP contribution is -2.13. The zero-order chi connectivity index (χ0) is 13.2. The lowest BCUT2D eigenvalue weighted by Gasteiger charge is -2.03. The third kappa shape index (κ3) is 2.45. The van der Waals surface area contributed by atoms with Gasteiger partial charge in [0.15, 0.2) is 12.0 Å². The number of fused-ring (bicyclic) bond motifs is 1. The van der Waals surface area contributed by atoms with Crippen LogP contribution in [0.15, 0.2) is 46.0 Å². The minimum absolute atomic E-state index is 0.239. The van der Waals surface area contributed by atoms with Gasteiger partial charge in [0.1, 0.15) is 15.8 Å². The fraction of sp³-hybridized carbons (Fsp3) is 0. The van der Waals surface area contributed by atoms with Crippen molar-refractivity contribution in [3.8, 4) is 0 Å². The molecule has 0 spiro atoms. The average molecular weight is 319 g/mol. The Morgan fingerprint density at radius 1 is 1.21 bits per heavy atom. The molecule has 3 rings (SSSR count). The van der Waals surface area contributed by atoms with Crippen molar-refractivity contribution in [2.45, 2.75) is 0 Å². The molecular weight excluding hydrogens is 312 g/mol. The van der Waals surface area contributed by atoms with E-state index in [-0.39, 0.29) is 11.6 Å². The summed E-state index contributed by atoms with van der Waals surface area (Å²) in [4.78, 5) is 23.9. The van der Waals surface area contributed by atoms with E-state index in [0.717, 1.165) is 0 Å². The molecule has 6 nitrogen and oxygen atoms in total. The van der Waals surface area contributed by atoms with Crippen molar-refractivity contribution in [2.24, 2.45) is 0 Å². The van der Waals surface area contributed by atoms with Crippen LogP contribution in [0.2, 0.25) is 0 Å². The highest BCUT2D eigenvalue weighted by Gasteiger charge is 2.09. The van der Waals surface area contributed by atoms with Crippen molar-refractivity contribution >= 4 is 38.6 Å². The van der Waals surface area contributed by atoms with E-state index in [4.69, 9.17) is 4.42 Å². The fourth-order valence-corrected chi connectivity index (χ4v) is 1.77. The second-order valence-electron chi connectivity index (χ2n) is 3.71. The number of benzene rings is 1. The van der Waals surface area contributed by atoms with Crippen molar-refractivity contribution in [3.63, 3.8) is 0 Å². The van der Waals surface area contributed by atoms with E-state index >= 15 is 0 Å². The zero-order valence-corrected chi connectivity index (χ0v) is 11.1. The summed E-state index contributed by atoms with van der Waals surface area (Å²) in [5, 5.41) is 2.72. The highest BCUT2D eigenvalue weighted by atomic mass is 79.9. The first kappa shape index (κ1) is 11.8. The van der Waals surface area contributed by atoms with Gasteiger partial charge in [-0.2, -0.15) is 0 Å². The lowest BCUT2D eigenvalue weighted by molar-refractivity contribution is 0.102. The smallest absolute Gasteiger partial charge is 0.275 e. The van der Waals surface area contributed by atoms with Gasteiger partial charge in [-0.1, -0.05) is 0 Å². The van der Waals surface area contributed by atoms with Gasteiger partial charge in [0.2, 0.25) is 0 Å². The third-order valence-corrected chi connectivity index (χ3v) is 2.85. The van der Waals surface area contributed by atoms with E-state index in [1.807, 2.05) is 0 Å². The molecule has 0 unspecified atom stereocenters. The first-order valence-corrected chi connectivity index (χ1v) is 6.14. The molecule has 2 aromatic heterocycles. The van der Waals surface area contributed by atoms with Crippen LogP contribution in [-0.2, 0) is 0 Å². The maximum atomic E-state index is 11.9. The van der Waals surface area contributed by atoms with E-state index in [0.29, 0.717) is 21.4 Å². The fourth-order valence-electron chi connectivity index (χ4n) is 1.56. The van der Waals surface area contributed by atoms with Crippen molar-refractivity contribution in [1.29, 1.82) is 0 Å². The molecule has 0 radical (unpaired) electrons. The molecule has 0 saturated carbocycles. The molecule has 94 valence electrons. The Kier molecular flexibility index (Phi) is 2.96. The van der Waals surface area contributed by atoms with Gasteiger partial charge in [0.25, 0.3) is 5.91 Å². The molecule has 1 aromatic carbocycles. The Hall–Kier alpha value is -2.28. The van der Waals surface area contributed by atoms with E-state index in [1.54, 1.807) is 18.2 Å². The maximum absolute atomic E-state index is 11.9. The largest absolute Gasteiger partial charge is 0.443 e. The topological polar surface area (TPSA) is 80.9 Å². The van der Waals surface area contributed by atoms with E-state index in [2.05, 4.69) is 36.2 Å². The molecule has 3 aromatic rings. The summed E-state index contributed by atoms with van der Waals surface area (Å²) in [6, 6.07) is 5.20. The van der Waals surface area contributed by atoms with Crippen molar-refractivity contribution in [1.82, 2.24) is 15.0 Å². The summed E-state index contributed by atoms with van der Waals surface area (Å²) < 4.78 is 5.70. The first-order valence-electron chi connectivity index (χ1n) is 5.34. The Labute approximate surface area is 116 Å². The second kappa shape index (κ2) is 4.77. The van der Waals surface area contributed by atoms with Gasteiger partial charge in [-0.15, -0.1) is 0 Å². The van der Waals surface area contributed by atoms with Crippen LogP contribution in [0.5, 0.6) is 0 Å². The van der Waals surface area contributed by atoms with E-state index in [1.165, 1.54) is 18.8 Å². The Bertz CT molecular complexity index is 739. The molecule has 0 atom stereocenters. The Balaban J connectivity index is 1.83. The molecule has 0 fully saturated rings. The van der Waals surface area contributed by atoms with Crippen LogP contribution in [0, 0.1) is 0 Å². The number of amides is 1. The predicted octanol–water partition coefficient (Wildman–Crippen LogP) is 2.63. The van der Waals surface area contributed by atoms with Gasteiger partial charge in [0.05, 0.1) is 12.4 Å². The molecule has 0 aliphatic heterocycles. The Morgan fingerprint density at radius 3 is 2.89 bits per heavy atom. The quantitative estimate of drug-likeness (QED) is 0.785. The van der Waals surface area contributed by atoms with Crippen LogP contribution < -0.4 is 5.32 Å². The van der Waals surface area contributed by atoms with Crippen molar-refractivity contribution < 1.29 is 9.21 Å². The third-order valence-electron chi connectivity index (χ3n) is 2.44. The summed E-state index contributed by atoms with van der Waals surface area (Å²) >= 11 is 3.16. The number of aromatic nitrogens is 3. The van der Waals surface area contributed by atoms with Crippen LogP contribution in [0.25, 0.3) is 11.1 Å². The lowest BCUT2D eigenvalue weighted by atomic mass is 10.3. The van der Waals surface area contributed by atoms with Gasteiger partial charge < -0.3 is 9.73 Å².